The molecule has 0 aromatic carbocycles. The number of carbonyl (C=O) groups excluding carboxylic acids is 3. The van der Waals surface area contributed by atoms with Gasteiger partial charge in [0.25, 0.3) is 0 Å². The van der Waals surface area contributed by atoms with Crippen molar-refractivity contribution in [1.29, 1.82) is 0 Å². The number of ether oxygens (including phenoxy) is 3. The maximum absolute atomic E-state index is 12.9. The summed E-state index contributed by atoms with van der Waals surface area (Å²) >= 11 is 0. The van der Waals surface area contributed by atoms with Crippen LogP contribution in [0.1, 0.15) is 355 Å². The third-order valence-electron chi connectivity index (χ3n) is 15.2. The second-order valence-electron chi connectivity index (χ2n) is 23.1. The lowest BCUT2D eigenvalue weighted by Crippen LogP contribution is -2.30. The van der Waals surface area contributed by atoms with Crippen LogP contribution in [0.15, 0.2) is 72.9 Å². The molecule has 0 aliphatic rings. The van der Waals surface area contributed by atoms with Crippen LogP contribution in [0.2, 0.25) is 0 Å². The summed E-state index contributed by atoms with van der Waals surface area (Å²) in [6, 6.07) is 0. The first kappa shape index (κ1) is 75.8. The molecule has 0 radical (unpaired) electrons. The van der Waals surface area contributed by atoms with E-state index in [0.717, 1.165) is 96.3 Å². The Hall–Kier alpha value is -3.15. The standard InChI is InChI=1S/C73H130O6/c1-4-7-10-13-16-19-22-25-27-29-31-32-33-34-35-36-37-38-39-40-42-43-45-48-51-54-57-60-63-66-72(75)78-69-70(68-77-71(74)65-62-59-56-53-50-47-24-21-18-15-12-9-6-3)79-73(76)67-64-61-58-55-52-49-46-44-41-30-28-26-23-20-17-14-11-8-5-2/h8,11,17,20,26,28-29,31,41,44,49,52,70H,4-7,9-10,12-16,18-19,21-25,27,30,32-40,42-43,45-48,50-51,53-69H2,1-3H3/b11-8-,20-17-,28-26-,31-29-,44-41-,52-49-. The molecule has 0 saturated carbocycles. The number of esters is 3. The number of allylic oxidation sites excluding steroid dienone is 12. The molecule has 0 N–H and O–H groups in total. The molecule has 0 spiro atoms. The van der Waals surface area contributed by atoms with Crippen molar-refractivity contribution < 1.29 is 28.6 Å². The molecule has 0 aliphatic heterocycles. The third-order valence-corrected chi connectivity index (χ3v) is 15.2. The van der Waals surface area contributed by atoms with Crippen molar-refractivity contribution in [2.45, 2.75) is 361 Å². The van der Waals surface area contributed by atoms with Crippen molar-refractivity contribution >= 4 is 17.9 Å². The van der Waals surface area contributed by atoms with Crippen LogP contribution in [-0.2, 0) is 28.6 Å². The number of unbranched alkanes of at least 4 members (excludes halogenated alkanes) is 40. The van der Waals surface area contributed by atoms with Gasteiger partial charge in [0.05, 0.1) is 0 Å². The Balaban J connectivity index is 4.25. The van der Waals surface area contributed by atoms with E-state index in [-0.39, 0.29) is 31.1 Å². The molecule has 79 heavy (non-hydrogen) atoms. The minimum Gasteiger partial charge on any atom is -0.462 e. The van der Waals surface area contributed by atoms with Crippen LogP contribution in [0, 0.1) is 0 Å². The fourth-order valence-electron chi connectivity index (χ4n) is 10.1. The van der Waals surface area contributed by atoms with Crippen LogP contribution >= 0.6 is 0 Å². The molecule has 0 bridgehead atoms. The average Bonchev–Trinajstić information content (AvgIpc) is 3.45. The molecule has 0 rings (SSSR count). The van der Waals surface area contributed by atoms with E-state index in [9.17, 15) is 14.4 Å². The molecule has 0 aromatic rings. The molecule has 0 aromatic heterocycles. The fraction of sp³-hybridized carbons (Fsp3) is 0.795. The van der Waals surface area contributed by atoms with Gasteiger partial charge in [0.2, 0.25) is 0 Å². The monoisotopic (exact) mass is 1100 g/mol. The van der Waals surface area contributed by atoms with Gasteiger partial charge in [0, 0.05) is 19.3 Å². The highest BCUT2D eigenvalue weighted by atomic mass is 16.6. The third kappa shape index (κ3) is 65.5. The van der Waals surface area contributed by atoms with Gasteiger partial charge < -0.3 is 14.2 Å². The van der Waals surface area contributed by atoms with Crippen molar-refractivity contribution in [1.82, 2.24) is 0 Å². The largest absolute Gasteiger partial charge is 0.462 e. The SMILES string of the molecule is CC/C=C\C/C=C\C/C=C\C/C=C\C/C=C\CCCCCC(=O)OC(COC(=O)CCCCCCCCCCCCCCC)COC(=O)CCCCCCCCCCCCCCCCCCC/C=C\CCCCCCCCCC. The van der Waals surface area contributed by atoms with Gasteiger partial charge in [0.1, 0.15) is 13.2 Å². The van der Waals surface area contributed by atoms with Crippen LogP contribution in [-0.4, -0.2) is 37.2 Å². The molecule has 458 valence electrons. The minimum absolute atomic E-state index is 0.0849. The van der Waals surface area contributed by atoms with Crippen molar-refractivity contribution in [3.8, 4) is 0 Å². The van der Waals surface area contributed by atoms with E-state index >= 15 is 0 Å². The summed E-state index contributed by atoms with van der Waals surface area (Å²) in [6.45, 7) is 6.55. The van der Waals surface area contributed by atoms with Crippen LogP contribution in [0.3, 0.4) is 0 Å². The van der Waals surface area contributed by atoms with Crippen molar-refractivity contribution in [3.63, 3.8) is 0 Å². The van der Waals surface area contributed by atoms with Crippen molar-refractivity contribution in [3.05, 3.63) is 72.9 Å². The average molecular weight is 1100 g/mol. The van der Waals surface area contributed by atoms with E-state index < -0.39 is 6.10 Å². The summed E-state index contributed by atoms with van der Waals surface area (Å²) in [4.78, 5) is 38.3. The summed E-state index contributed by atoms with van der Waals surface area (Å²) in [6.07, 6.45) is 87.9. The number of rotatable bonds is 63. The van der Waals surface area contributed by atoms with E-state index in [0.29, 0.717) is 19.3 Å². The first-order chi connectivity index (χ1) is 39.0. The molecule has 0 saturated heterocycles. The molecule has 1 unspecified atom stereocenters. The fourth-order valence-corrected chi connectivity index (χ4v) is 10.1. The summed E-state index contributed by atoms with van der Waals surface area (Å²) in [5, 5.41) is 0. The predicted molar refractivity (Wildman–Crippen MR) is 344 cm³/mol. The summed E-state index contributed by atoms with van der Waals surface area (Å²) in [5.74, 6) is -0.898. The van der Waals surface area contributed by atoms with Gasteiger partial charge in [-0.25, -0.2) is 0 Å². The highest BCUT2D eigenvalue weighted by Gasteiger charge is 2.19. The molecule has 6 nitrogen and oxygen atoms in total. The Bertz CT molecular complexity index is 1450. The van der Waals surface area contributed by atoms with Gasteiger partial charge in [-0.3, -0.25) is 14.4 Å². The lowest BCUT2D eigenvalue weighted by atomic mass is 10.0. The molecular formula is C73H130O6. The highest BCUT2D eigenvalue weighted by Crippen LogP contribution is 2.18. The molecule has 0 aliphatic carbocycles. The second kappa shape index (κ2) is 67.4. The van der Waals surface area contributed by atoms with Crippen LogP contribution in [0.5, 0.6) is 0 Å². The Morgan fingerprint density at radius 1 is 0.266 bits per heavy atom. The van der Waals surface area contributed by atoms with Crippen molar-refractivity contribution in [2.24, 2.45) is 0 Å². The van der Waals surface area contributed by atoms with Gasteiger partial charge in [-0.2, -0.15) is 0 Å². The van der Waals surface area contributed by atoms with E-state index in [1.54, 1.807) is 0 Å². The van der Waals surface area contributed by atoms with Gasteiger partial charge in [-0.15, -0.1) is 0 Å². The van der Waals surface area contributed by atoms with E-state index in [1.807, 2.05) is 0 Å². The highest BCUT2D eigenvalue weighted by molar-refractivity contribution is 5.71. The van der Waals surface area contributed by atoms with Gasteiger partial charge in [-0.05, 0) is 89.9 Å². The molecule has 6 heteroatoms. The van der Waals surface area contributed by atoms with Crippen LogP contribution in [0.4, 0.5) is 0 Å². The predicted octanol–water partition coefficient (Wildman–Crippen LogP) is 23.7. The zero-order valence-electron chi connectivity index (χ0n) is 52.6. The lowest BCUT2D eigenvalue weighted by molar-refractivity contribution is -0.167. The normalized spacial score (nSPS) is 12.5. The maximum Gasteiger partial charge on any atom is 0.306 e. The van der Waals surface area contributed by atoms with Gasteiger partial charge in [-0.1, -0.05) is 318 Å². The summed E-state index contributed by atoms with van der Waals surface area (Å²) in [5.41, 5.74) is 0. The first-order valence-corrected chi connectivity index (χ1v) is 34.4. The van der Waals surface area contributed by atoms with Gasteiger partial charge >= 0.3 is 17.9 Å². The molecule has 0 fully saturated rings. The zero-order chi connectivity index (χ0) is 57.1. The Labute approximate surface area is 491 Å². The minimum atomic E-state index is -0.792. The van der Waals surface area contributed by atoms with Crippen LogP contribution in [0.25, 0.3) is 0 Å². The maximum atomic E-state index is 12.9. The van der Waals surface area contributed by atoms with E-state index in [4.69, 9.17) is 14.2 Å². The van der Waals surface area contributed by atoms with E-state index in [1.165, 1.54) is 218 Å². The zero-order valence-corrected chi connectivity index (χ0v) is 52.6. The number of carbonyl (C=O) groups is 3. The Morgan fingerprint density at radius 2 is 0.494 bits per heavy atom. The topological polar surface area (TPSA) is 78.9 Å². The summed E-state index contributed by atoms with van der Waals surface area (Å²) in [7, 11) is 0. The second-order valence-corrected chi connectivity index (χ2v) is 23.1. The van der Waals surface area contributed by atoms with E-state index in [2.05, 4.69) is 93.7 Å². The summed E-state index contributed by atoms with van der Waals surface area (Å²) < 4.78 is 16.9. The number of hydrogen-bond acceptors (Lipinski definition) is 6. The molecule has 0 heterocycles. The van der Waals surface area contributed by atoms with Gasteiger partial charge in [0.15, 0.2) is 6.10 Å². The molecule has 1 atom stereocenters. The number of hydrogen-bond donors (Lipinski definition) is 0. The lowest BCUT2D eigenvalue weighted by Gasteiger charge is -2.18. The quantitative estimate of drug-likeness (QED) is 0.0261. The Kier molecular flexibility index (Phi) is 64.7. The first-order valence-electron chi connectivity index (χ1n) is 34.4. The smallest absolute Gasteiger partial charge is 0.306 e. The molecular weight excluding hydrogens is 973 g/mol. The van der Waals surface area contributed by atoms with Crippen molar-refractivity contribution in [2.75, 3.05) is 13.2 Å². The van der Waals surface area contributed by atoms with Crippen LogP contribution < -0.4 is 0 Å². The Morgan fingerprint density at radius 3 is 0.797 bits per heavy atom. The molecule has 0 amide bonds.